The second-order valence-electron chi connectivity index (χ2n) is 7.27. The van der Waals surface area contributed by atoms with E-state index in [0.29, 0.717) is 16.8 Å². The standard InChI is InChI=1S/C22H22ClN3O/c23-21-12-7-16(14-24-21)13-15-5-9-18(10-6-15)25-22(27)20-11-8-17-3-1-2-4-19(17)26-20/h1-4,7-8,11-12,14-15,18H,5-6,9-10,13H2,(H,25,27). The minimum absolute atomic E-state index is 0.0777. The Bertz CT molecular complexity index is 934. The highest BCUT2D eigenvalue weighted by atomic mass is 35.5. The summed E-state index contributed by atoms with van der Waals surface area (Å²) >= 11 is 5.85. The van der Waals surface area contributed by atoms with Crippen LogP contribution in [-0.4, -0.2) is 21.9 Å². The summed E-state index contributed by atoms with van der Waals surface area (Å²) in [4.78, 5) is 21.2. The lowest BCUT2D eigenvalue weighted by Crippen LogP contribution is -2.38. The molecule has 4 rings (SSSR count). The Morgan fingerprint density at radius 3 is 2.63 bits per heavy atom. The van der Waals surface area contributed by atoms with Gasteiger partial charge in [-0.15, -0.1) is 0 Å². The van der Waals surface area contributed by atoms with Crippen molar-refractivity contribution in [3.8, 4) is 0 Å². The van der Waals surface area contributed by atoms with Crippen molar-refractivity contribution in [2.75, 3.05) is 0 Å². The molecule has 0 unspecified atom stereocenters. The van der Waals surface area contributed by atoms with Gasteiger partial charge in [-0.3, -0.25) is 4.79 Å². The van der Waals surface area contributed by atoms with Crippen LogP contribution in [0.5, 0.6) is 0 Å². The molecule has 2 aromatic heterocycles. The third kappa shape index (κ3) is 4.45. The number of benzene rings is 1. The number of fused-ring (bicyclic) bond motifs is 1. The fourth-order valence-electron chi connectivity index (χ4n) is 3.82. The van der Waals surface area contributed by atoms with Gasteiger partial charge >= 0.3 is 0 Å². The molecule has 0 atom stereocenters. The van der Waals surface area contributed by atoms with E-state index < -0.39 is 0 Å². The molecule has 1 saturated carbocycles. The highest BCUT2D eigenvalue weighted by Gasteiger charge is 2.23. The summed E-state index contributed by atoms with van der Waals surface area (Å²) < 4.78 is 0. The largest absolute Gasteiger partial charge is 0.348 e. The zero-order valence-corrected chi connectivity index (χ0v) is 15.8. The van der Waals surface area contributed by atoms with Crippen molar-refractivity contribution in [1.29, 1.82) is 0 Å². The van der Waals surface area contributed by atoms with Gasteiger partial charge in [-0.05, 0) is 61.8 Å². The maximum atomic E-state index is 12.6. The van der Waals surface area contributed by atoms with Crippen molar-refractivity contribution >= 4 is 28.4 Å². The lowest BCUT2D eigenvalue weighted by Gasteiger charge is -2.29. The number of rotatable bonds is 4. The van der Waals surface area contributed by atoms with Crippen LogP contribution >= 0.6 is 11.6 Å². The molecule has 3 aromatic rings. The normalized spacial score (nSPS) is 19.7. The summed E-state index contributed by atoms with van der Waals surface area (Å²) in [5, 5.41) is 4.74. The maximum absolute atomic E-state index is 12.6. The summed E-state index contributed by atoms with van der Waals surface area (Å²) in [5.74, 6) is 0.561. The Labute approximate surface area is 164 Å². The van der Waals surface area contributed by atoms with Gasteiger partial charge < -0.3 is 5.32 Å². The summed E-state index contributed by atoms with van der Waals surface area (Å²) in [6, 6.07) is 15.7. The first kappa shape index (κ1) is 17.9. The van der Waals surface area contributed by atoms with Crippen LogP contribution in [0.1, 0.15) is 41.7 Å². The summed E-state index contributed by atoms with van der Waals surface area (Å²) in [6.07, 6.45) is 7.12. The molecule has 0 spiro atoms. The lowest BCUT2D eigenvalue weighted by molar-refractivity contribution is 0.0917. The van der Waals surface area contributed by atoms with Crippen LogP contribution in [-0.2, 0) is 6.42 Å². The number of pyridine rings is 2. The topological polar surface area (TPSA) is 54.9 Å². The molecule has 0 radical (unpaired) electrons. The van der Waals surface area contributed by atoms with Crippen LogP contribution in [0.3, 0.4) is 0 Å². The highest BCUT2D eigenvalue weighted by molar-refractivity contribution is 6.29. The molecule has 1 fully saturated rings. The van der Waals surface area contributed by atoms with Crippen molar-refractivity contribution < 1.29 is 4.79 Å². The quantitative estimate of drug-likeness (QED) is 0.661. The van der Waals surface area contributed by atoms with Gasteiger partial charge in [0.25, 0.3) is 5.91 Å². The number of nitrogens with one attached hydrogen (secondary N) is 1. The monoisotopic (exact) mass is 379 g/mol. The molecule has 0 aliphatic heterocycles. The predicted octanol–water partition coefficient (Wildman–Crippen LogP) is 4.81. The molecular formula is C22H22ClN3O. The van der Waals surface area contributed by atoms with E-state index in [1.165, 1.54) is 5.56 Å². The first-order chi connectivity index (χ1) is 13.2. The van der Waals surface area contributed by atoms with Crippen molar-refractivity contribution in [3.05, 3.63) is 71.1 Å². The molecule has 0 saturated heterocycles. The van der Waals surface area contributed by atoms with Crippen LogP contribution in [0.2, 0.25) is 5.15 Å². The molecule has 4 nitrogen and oxygen atoms in total. The van der Waals surface area contributed by atoms with Crippen molar-refractivity contribution in [2.45, 2.75) is 38.1 Å². The third-order valence-electron chi connectivity index (χ3n) is 5.33. The second-order valence-corrected chi connectivity index (χ2v) is 7.66. The number of carbonyl (C=O) groups excluding carboxylic acids is 1. The number of hydrogen-bond acceptors (Lipinski definition) is 3. The summed E-state index contributed by atoms with van der Waals surface area (Å²) in [6.45, 7) is 0. The predicted molar refractivity (Wildman–Crippen MR) is 108 cm³/mol. The van der Waals surface area contributed by atoms with Crippen molar-refractivity contribution in [2.24, 2.45) is 5.92 Å². The fraction of sp³-hybridized carbons (Fsp3) is 0.318. The molecular weight excluding hydrogens is 358 g/mol. The molecule has 1 aliphatic rings. The van der Waals surface area contributed by atoms with Crippen LogP contribution in [0.4, 0.5) is 0 Å². The molecule has 27 heavy (non-hydrogen) atoms. The van der Waals surface area contributed by atoms with Gasteiger partial charge in [0.05, 0.1) is 5.52 Å². The lowest BCUT2D eigenvalue weighted by atomic mass is 9.82. The van der Waals surface area contributed by atoms with Gasteiger partial charge in [-0.25, -0.2) is 9.97 Å². The minimum atomic E-state index is -0.0777. The van der Waals surface area contributed by atoms with Gasteiger partial charge in [-0.2, -0.15) is 0 Å². The number of aromatic nitrogens is 2. The van der Waals surface area contributed by atoms with Crippen LogP contribution in [0.25, 0.3) is 10.9 Å². The van der Waals surface area contributed by atoms with Crippen molar-refractivity contribution in [1.82, 2.24) is 15.3 Å². The average Bonchev–Trinajstić information content (AvgIpc) is 2.71. The van der Waals surface area contributed by atoms with E-state index in [9.17, 15) is 4.79 Å². The van der Waals surface area contributed by atoms with E-state index in [0.717, 1.165) is 43.0 Å². The number of nitrogens with zero attached hydrogens (tertiary/aromatic N) is 2. The van der Waals surface area contributed by atoms with Crippen LogP contribution in [0, 0.1) is 5.92 Å². The highest BCUT2D eigenvalue weighted by Crippen LogP contribution is 2.27. The molecule has 1 aromatic carbocycles. The van der Waals surface area contributed by atoms with Crippen LogP contribution in [0.15, 0.2) is 54.7 Å². The molecule has 1 amide bonds. The van der Waals surface area contributed by atoms with Gasteiger partial charge in [-0.1, -0.05) is 41.9 Å². The van der Waals surface area contributed by atoms with Gasteiger partial charge in [0.2, 0.25) is 0 Å². The number of para-hydroxylation sites is 1. The van der Waals surface area contributed by atoms with E-state index in [1.807, 2.05) is 42.6 Å². The molecule has 5 heteroatoms. The van der Waals surface area contributed by atoms with E-state index in [-0.39, 0.29) is 11.9 Å². The molecule has 2 heterocycles. The number of halogens is 1. The number of carbonyl (C=O) groups is 1. The number of amides is 1. The SMILES string of the molecule is O=C(NC1CCC(Cc2ccc(Cl)nc2)CC1)c1ccc2ccccc2n1. The Kier molecular flexibility index (Phi) is 5.35. The van der Waals surface area contributed by atoms with E-state index in [1.54, 1.807) is 6.07 Å². The number of hydrogen-bond donors (Lipinski definition) is 1. The van der Waals surface area contributed by atoms with Gasteiger partial charge in [0.15, 0.2) is 0 Å². The maximum Gasteiger partial charge on any atom is 0.270 e. The second kappa shape index (κ2) is 8.05. The Hall–Kier alpha value is -2.46. The Morgan fingerprint density at radius 1 is 1.04 bits per heavy atom. The first-order valence-electron chi connectivity index (χ1n) is 9.44. The smallest absolute Gasteiger partial charge is 0.270 e. The van der Waals surface area contributed by atoms with E-state index in [2.05, 4.69) is 21.4 Å². The zero-order chi connectivity index (χ0) is 18.6. The molecule has 0 bridgehead atoms. The zero-order valence-electron chi connectivity index (χ0n) is 15.1. The molecule has 1 aliphatic carbocycles. The average molecular weight is 380 g/mol. The Balaban J connectivity index is 1.31. The van der Waals surface area contributed by atoms with Crippen LogP contribution < -0.4 is 5.32 Å². The molecule has 138 valence electrons. The first-order valence-corrected chi connectivity index (χ1v) is 9.82. The van der Waals surface area contributed by atoms with Gasteiger partial charge in [0.1, 0.15) is 10.8 Å². The summed E-state index contributed by atoms with van der Waals surface area (Å²) in [7, 11) is 0. The third-order valence-corrected chi connectivity index (χ3v) is 5.55. The molecule has 1 N–H and O–H groups in total. The Morgan fingerprint density at radius 2 is 1.85 bits per heavy atom. The van der Waals surface area contributed by atoms with Crippen molar-refractivity contribution in [3.63, 3.8) is 0 Å². The minimum Gasteiger partial charge on any atom is -0.348 e. The summed E-state index contributed by atoms with van der Waals surface area (Å²) in [5.41, 5.74) is 2.57. The van der Waals surface area contributed by atoms with E-state index >= 15 is 0 Å². The fourth-order valence-corrected chi connectivity index (χ4v) is 3.94. The van der Waals surface area contributed by atoms with Gasteiger partial charge in [0, 0.05) is 17.6 Å². The van der Waals surface area contributed by atoms with E-state index in [4.69, 9.17) is 11.6 Å².